The van der Waals surface area contributed by atoms with Crippen molar-refractivity contribution < 1.29 is 26.4 Å². The normalized spacial score (nSPS) is 24.3. The number of nitrogens with zero attached hydrogens (tertiary/aromatic N) is 2. The summed E-state index contributed by atoms with van der Waals surface area (Å²) in [6, 6.07) is 3.35. The molecule has 0 bridgehead atoms. The lowest BCUT2D eigenvalue weighted by molar-refractivity contribution is -0.124. The lowest BCUT2D eigenvalue weighted by atomic mass is 9.93. The van der Waals surface area contributed by atoms with Gasteiger partial charge < -0.3 is 10.6 Å². The fourth-order valence-corrected chi connectivity index (χ4v) is 6.38. The molecule has 0 unspecified atom stereocenters. The zero-order valence-corrected chi connectivity index (χ0v) is 19.5. The Balaban J connectivity index is 1.51. The summed E-state index contributed by atoms with van der Waals surface area (Å²) in [7, 11) is -4.27. The minimum Gasteiger partial charge on any atom is -0.351 e. The van der Waals surface area contributed by atoms with Crippen molar-refractivity contribution in [3.63, 3.8) is 0 Å². The highest BCUT2D eigenvalue weighted by molar-refractivity contribution is 7.89. The highest BCUT2D eigenvalue weighted by Crippen LogP contribution is 2.33. The van der Waals surface area contributed by atoms with Crippen molar-refractivity contribution in [3.8, 4) is 0 Å². The van der Waals surface area contributed by atoms with Crippen molar-refractivity contribution in [2.45, 2.75) is 61.8 Å². The van der Waals surface area contributed by atoms with E-state index in [9.17, 15) is 26.4 Å². The first kappa shape index (κ1) is 24.6. The van der Waals surface area contributed by atoms with E-state index < -0.39 is 45.8 Å². The van der Waals surface area contributed by atoms with Crippen molar-refractivity contribution in [3.05, 3.63) is 59.4 Å². The Hall–Kier alpha value is -2.50. The fraction of sp³-hybridized carbons (Fsp3) is 0.478. The van der Waals surface area contributed by atoms with Crippen molar-refractivity contribution >= 4 is 15.9 Å². The van der Waals surface area contributed by atoms with Crippen LogP contribution in [0.4, 0.5) is 13.2 Å². The average Bonchev–Trinajstić information content (AvgIpc) is 3.14. The molecule has 184 valence electrons. The van der Waals surface area contributed by atoms with E-state index >= 15 is 0 Å². The van der Waals surface area contributed by atoms with E-state index in [-0.39, 0.29) is 29.3 Å². The number of amides is 1. The van der Waals surface area contributed by atoms with Crippen LogP contribution in [0.2, 0.25) is 0 Å². The number of rotatable bonds is 6. The molecule has 2 aliphatic rings. The summed E-state index contributed by atoms with van der Waals surface area (Å²) in [6.07, 6.45) is 0.985. The second kappa shape index (κ2) is 10.0. The fourth-order valence-electron chi connectivity index (χ4n) is 4.57. The number of sulfonamides is 1. The van der Waals surface area contributed by atoms with Gasteiger partial charge in [0.25, 0.3) is 0 Å². The molecule has 2 saturated heterocycles. The second-order valence-corrected chi connectivity index (χ2v) is 10.6. The van der Waals surface area contributed by atoms with Crippen LogP contribution < -0.4 is 10.6 Å². The van der Waals surface area contributed by atoms with Crippen LogP contribution in [0.15, 0.2) is 41.4 Å². The van der Waals surface area contributed by atoms with Crippen LogP contribution in [0, 0.1) is 11.6 Å². The maximum Gasteiger partial charge on any atom is 0.244 e. The van der Waals surface area contributed by atoms with Gasteiger partial charge in [-0.05, 0) is 63.2 Å². The average molecular weight is 497 g/mol. The smallest absolute Gasteiger partial charge is 0.244 e. The number of nitrogens with one attached hydrogen (secondary N) is 2. The zero-order valence-electron chi connectivity index (χ0n) is 18.7. The van der Waals surface area contributed by atoms with Crippen molar-refractivity contribution in [1.29, 1.82) is 0 Å². The van der Waals surface area contributed by atoms with Gasteiger partial charge in [-0.1, -0.05) is 0 Å². The van der Waals surface area contributed by atoms with Crippen LogP contribution in [0.1, 0.15) is 43.4 Å². The summed E-state index contributed by atoms with van der Waals surface area (Å²) in [4.78, 5) is 16.9. The molecule has 0 spiro atoms. The summed E-state index contributed by atoms with van der Waals surface area (Å²) in [5, 5.41) is 5.82. The monoisotopic (exact) mass is 496 g/mol. The minimum atomic E-state index is -4.27. The quantitative estimate of drug-likeness (QED) is 0.642. The Morgan fingerprint density at radius 1 is 1.21 bits per heavy atom. The molecule has 11 heteroatoms. The van der Waals surface area contributed by atoms with Crippen LogP contribution >= 0.6 is 0 Å². The molecule has 2 fully saturated rings. The molecule has 0 aliphatic carbocycles. The number of aromatic nitrogens is 1. The predicted molar refractivity (Wildman–Crippen MR) is 119 cm³/mol. The van der Waals surface area contributed by atoms with Gasteiger partial charge >= 0.3 is 0 Å². The summed E-state index contributed by atoms with van der Waals surface area (Å²) >= 11 is 0. The molecule has 3 atom stereocenters. The Kier molecular flexibility index (Phi) is 7.25. The van der Waals surface area contributed by atoms with Gasteiger partial charge in [0.05, 0.1) is 17.1 Å². The van der Waals surface area contributed by atoms with Crippen LogP contribution in [-0.4, -0.2) is 55.0 Å². The Morgan fingerprint density at radius 3 is 2.56 bits per heavy atom. The van der Waals surface area contributed by atoms with Gasteiger partial charge in [-0.15, -0.1) is 0 Å². The maximum atomic E-state index is 14.6. The highest BCUT2D eigenvalue weighted by Gasteiger charge is 2.49. The van der Waals surface area contributed by atoms with Crippen LogP contribution in [0.5, 0.6) is 0 Å². The lowest BCUT2D eigenvalue weighted by Gasteiger charge is -2.27. The number of benzene rings is 1. The summed E-state index contributed by atoms with van der Waals surface area (Å²) < 4.78 is 69.3. The number of carbonyl (C=O) groups excluding carboxylic acids is 1. The molecule has 4 rings (SSSR count). The number of halogens is 3. The van der Waals surface area contributed by atoms with E-state index in [0.717, 1.165) is 66.4 Å². The maximum absolute atomic E-state index is 14.6. The molecule has 34 heavy (non-hydrogen) atoms. The molecular weight excluding hydrogens is 469 g/mol. The van der Waals surface area contributed by atoms with Gasteiger partial charge in [0, 0.05) is 30.1 Å². The van der Waals surface area contributed by atoms with Gasteiger partial charge in [0.1, 0.15) is 23.8 Å². The molecule has 1 amide bonds. The third-order valence-corrected chi connectivity index (χ3v) is 8.55. The molecule has 0 radical (unpaired) electrons. The molecule has 3 heterocycles. The van der Waals surface area contributed by atoms with Crippen molar-refractivity contribution in [2.75, 3.05) is 13.1 Å². The molecule has 7 nitrogen and oxygen atoms in total. The number of hydrogen-bond acceptors (Lipinski definition) is 5. The van der Waals surface area contributed by atoms with E-state index in [1.807, 2.05) is 0 Å². The molecule has 1 aromatic carbocycles. The number of alkyl halides is 1. The van der Waals surface area contributed by atoms with Crippen molar-refractivity contribution in [1.82, 2.24) is 19.9 Å². The lowest BCUT2D eigenvalue weighted by Crippen LogP contribution is -2.48. The first-order valence-corrected chi connectivity index (χ1v) is 12.7. The SMILES string of the molecule is C[C@H]1[C@H](F)C[C@@H](C(=O)NCc2cc(C3CCNCC3)ncc2F)N1S(=O)(=O)c1ccc(F)cc1. The van der Waals surface area contributed by atoms with Gasteiger partial charge in [0.15, 0.2) is 0 Å². The van der Waals surface area contributed by atoms with Crippen LogP contribution in [0.3, 0.4) is 0 Å². The second-order valence-electron chi connectivity index (χ2n) is 8.74. The predicted octanol–water partition coefficient (Wildman–Crippen LogP) is 2.63. The number of hydrogen-bond donors (Lipinski definition) is 2. The summed E-state index contributed by atoms with van der Waals surface area (Å²) in [5.74, 6) is -1.74. The highest BCUT2D eigenvalue weighted by atomic mass is 32.2. The first-order valence-electron chi connectivity index (χ1n) is 11.2. The summed E-state index contributed by atoms with van der Waals surface area (Å²) in [6.45, 7) is 2.89. The third-order valence-electron chi connectivity index (χ3n) is 6.54. The molecule has 2 aromatic rings. The zero-order chi connectivity index (χ0) is 24.5. The summed E-state index contributed by atoms with van der Waals surface area (Å²) in [5.41, 5.74) is 0.971. The van der Waals surface area contributed by atoms with E-state index in [2.05, 4.69) is 15.6 Å². The number of carbonyl (C=O) groups is 1. The van der Waals surface area contributed by atoms with Crippen molar-refractivity contribution in [2.24, 2.45) is 0 Å². The van der Waals surface area contributed by atoms with Gasteiger partial charge in [-0.3, -0.25) is 9.78 Å². The Bertz CT molecular complexity index is 1140. The largest absolute Gasteiger partial charge is 0.351 e. The van der Waals surface area contributed by atoms with E-state index in [1.54, 1.807) is 6.07 Å². The Labute approximate surface area is 196 Å². The van der Waals surface area contributed by atoms with Gasteiger partial charge in [-0.2, -0.15) is 4.31 Å². The van der Waals surface area contributed by atoms with Crippen LogP contribution in [-0.2, 0) is 21.4 Å². The molecule has 1 aromatic heterocycles. The number of piperidine rings is 1. The number of pyridine rings is 1. The minimum absolute atomic E-state index is 0.183. The molecule has 2 N–H and O–H groups in total. The van der Waals surface area contributed by atoms with Gasteiger partial charge in [-0.25, -0.2) is 21.6 Å². The third kappa shape index (κ3) is 4.96. The van der Waals surface area contributed by atoms with Crippen LogP contribution in [0.25, 0.3) is 0 Å². The molecular formula is C23H27F3N4O3S. The molecule has 2 aliphatic heterocycles. The first-order chi connectivity index (χ1) is 16.2. The standard InChI is InChI=1S/C23H27F3N4O3S/c1-14-19(25)11-22(30(14)34(32,33)18-4-2-17(24)3-5-18)23(31)29-12-16-10-21(28-13-20(16)26)15-6-8-27-9-7-15/h2-5,10,13-15,19,22,27H,6-9,11-12H2,1H3,(H,29,31)/t14-,19+,22-/m0/s1. The van der Waals surface area contributed by atoms with E-state index in [1.165, 1.54) is 6.92 Å². The van der Waals surface area contributed by atoms with Gasteiger partial charge in [0.2, 0.25) is 15.9 Å². The Morgan fingerprint density at radius 2 is 1.88 bits per heavy atom. The van der Waals surface area contributed by atoms with E-state index in [0.29, 0.717) is 0 Å². The topological polar surface area (TPSA) is 91.4 Å². The molecule has 0 saturated carbocycles. The van der Waals surface area contributed by atoms with E-state index in [4.69, 9.17) is 0 Å².